The number of nitrogens with zero attached hydrogens (tertiary/aromatic N) is 4. The molecule has 0 fully saturated rings. The topological polar surface area (TPSA) is 95.0 Å². The van der Waals surface area contributed by atoms with Crippen LogP contribution in [0.25, 0.3) is 0 Å². The van der Waals surface area contributed by atoms with Crippen LogP contribution in [0.5, 0.6) is 0 Å². The van der Waals surface area contributed by atoms with Crippen molar-refractivity contribution in [2.24, 2.45) is 5.92 Å². The van der Waals surface area contributed by atoms with Gasteiger partial charge in [0, 0.05) is 31.3 Å². The van der Waals surface area contributed by atoms with Gasteiger partial charge in [0.05, 0.1) is 19.4 Å². The van der Waals surface area contributed by atoms with Crippen LogP contribution >= 0.6 is 0 Å². The van der Waals surface area contributed by atoms with E-state index in [9.17, 15) is 9.59 Å². The lowest BCUT2D eigenvalue weighted by Crippen LogP contribution is -2.31. The number of carbonyl (C=O) groups is 1. The minimum absolute atomic E-state index is 0.00531. The number of fused-ring (bicyclic) bond motifs is 1. The van der Waals surface area contributed by atoms with Gasteiger partial charge in [-0.25, -0.2) is 9.48 Å². The molecular formula is C19H21N5O3. The number of carbonyl (C=O) groups excluding carboxylic acids is 1. The summed E-state index contributed by atoms with van der Waals surface area (Å²) in [5.41, 5.74) is 0.856. The number of hydrogen-bond acceptors (Lipinski definition) is 5. The maximum atomic E-state index is 12.7. The van der Waals surface area contributed by atoms with Crippen molar-refractivity contribution in [1.82, 2.24) is 24.6 Å². The van der Waals surface area contributed by atoms with Crippen molar-refractivity contribution in [3.05, 3.63) is 70.6 Å². The Labute approximate surface area is 155 Å². The fourth-order valence-electron chi connectivity index (χ4n) is 3.39. The quantitative estimate of drug-likeness (QED) is 0.734. The first-order valence-corrected chi connectivity index (χ1v) is 9.06. The number of amides is 1. The standard InChI is InChI=1S/C19H21N5O3/c25-18(21-12-16-2-1-11-27-16)15-3-4-17-22-24(19(26)23(17)10-7-15)13-14-5-8-20-9-6-14/h1-2,5-6,8-9,11,15H,3-4,7,10,12-13H2,(H,21,25). The first-order valence-electron chi connectivity index (χ1n) is 9.06. The highest BCUT2D eigenvalue weighted by Gasteiger charge is 2.25. The zero-order valence-corrected chi connectivity index (χ0v) is 14.9. The Hall–Kier alpha value is -3.16. The van der Waals surface area contributed by atoms with Gasteiger partial charge in [-0.15, -0.1) is 0 Å². The fourth-order valence-corrected chi connectivity index (χ4v) is 3.39. The molecule has 4 heterocycles. The first kappa shape index (κ1) is 17.3. The monoisotopic (exact) mass is 367 g/mol. The third-order valence-corrected chi connectivity index (χ3v) is 4.89. The number of rotatable bonds is 5. The number of aryl methyl sites for hydroxylation is 1. The van der Waals surface area contributed by atoms with Crippen LogP contribution < -0.4 is 11.0 Å². The predicted octanol–water partition coefficient (Wildman–Crippen LogP) is 1.35. The average Bonchev–Trinajstić information content (AvgIpc) is 3.24. The van der Waals surface area contributed by atoms with Gasteiger partial charge in [-0.3, -0.25) is 14.3 Å². The minimum atomic E-state index is -0.130. The van der Waals surface area contributed by atoms with Gasteiger partial charge in [-0.2, -0.15) is 5.10 Å². The van der Waals surface area contributed by atoms with E-state index in [4.69, 9.17) is 4.42 Å². The molecule has 0 bridgehead atoms. The second-order valence-corrected chi connectivity index (χ2v) is 6.68. The van der Waals surface area contributed by atoms with Crippen molar-refractivity contribution in [2.75, 3.05) is 0 Å². The second kappa shape index (κ2) is 7.61. The fraction of sp³-hybridized carbons (Fsp3) is 0.368. The Balaban J connectivity index is 1.40. The third kappa shape index (κ3) is 3.84. The van der Waals surface area contributed by atoms with E-state index in [0.29, 0.717) is 38.9 Å². The molecule has 0 saturated carbocycles. The summed E-state index contributed by atoms with van der Waals surface area (Å²) in [6.07, 6.45) is 6.90. The summed E-state index contributed by atoms with van der Waals surface area (Å²) in [5.74, 6) is 1.34. The van der Waals surface area contributed by atoms with E-state index in [1.165, 1.54) is 4.68 Å². The lowest BCUT2D eigenvalue weighted by atomic mass is 9.99. The van der Waals surface area contributed by atoms with Crippen molar-refractivity contribution in [2.45, 2.75) is 38.9 Å². The van der Waals surface area contributed by atoms with Gasteiger partial charge in [0.1, 0.15) is 11.6 Å². The molecule has 1 unspecified atom stereocenters. The zero-order chi connectivity index (χ0) is 18.6. The summed E-state index contributed by atoms with van der Waals surface area (Å²) in [5, 5.41) is 7.39. The summed E-state index contributed by atoms with van der Waals surface area (Å²) >= 11 is 0. The van der Waals surface area contributed by atoms with Crippen LogP contribution in [0, 0.1) is 5.92 Å². The molecule has 4 rings (SSSR count). The van der Waals surface area contributed by atoms with Gasteiger partial charge >= 0.3 is 5.69 Å². The molecule has 3 aromatic rings. The molecule has 140 valence electrons. The first-order chi connectivity index (χ1) is 13.2. The Bertz CT molecular complexity index is 959. The van der Waals surface area contributed by atoms with Crippen molar-refractivity contribution >= 4 is 5.91 Å². The summed E-state index contributed by atoms with van der Waals surface area (Å²) in [7, 11) is 0. The highest BCUT2D eigenvalue weighted by Crippen LogP contribution is 2.18. The molecule has 0 aliphatic carbocycles. The maximum Gasteiger partial charge on any atom is 0.346 e. The van der Waals surface area contributed by atoms with Crippen LogP contribution in [0.3, 0.4) is 0 Å². The van der Waals surface area contributed by atoms with Crippen LogP contribution in [0.15, 0.2) is 52.1 Å². The van der Waals surface area contributed by atoms with Crippen molar-refractivity contribution < 1.29 is 9.21 Å². The minimum Gasteiger partial charge on any atom is -0.467 e. The molecule has 0 aromatic carbocycles. The normalized spacial score (nSPS) is 16.5. The van der Waals surface area contributed by atoms with Gasteiger partial charge in [0.2, 0.25) is 5.91 Å². The summed E-state index contributed by atoms with van der Waals surface area (Å²) in [6.45, 7) is 1.31. The van der Waals surface area contributed by atoms with Crippen molar-refractivity contribution in [3.8, 4) is 0 Å². The van der Waals surface area contributed by atoms with E-state index in [1.807, 2.05) is 18.2 Å². The molecule has 8 heteroatoms. The lowest BCUT2D eigenvalue weighted by molar-refractivity contribution is -0.125. The van der Waals surface area contributed by atoms with E-state index in [1.54, 1.807) is 29.3 Å². The molecule has 0 radical (unpaired) electrons. The lowest BCUT2D eigenvalue weighted by Gasteiger charge is -2.13. The smallest absolute Gasteiger partial charge is 0.346 e. The summed E-state index contributed by atoms with van der Waals surface area (Å²) in [4.78, 5) is 29.1. The molecule has 27 heavy (non-hydrogen) atoms. The van der Waals surface area contributed by atoms with Gasteiger partial charge in [0.15, 0.2) is 0 Å². The number of nitrogens with one attached hydrogen (secondary N) is 1. The van der Waals surface area contributed by atoms with Crippen LogP contribution in [0.1, 0.15) is 30.0 Å². The molecule has 0 saturated heterocycles. The zero-order valence-electron chi connectivity index (χ0n) is 14.9. The number of pyridine rings is 1. The summed E-state index contributed by atoms with van der Waals surface area (Å²) < 4.78 is 8.42. The van der Waals surface area contributed by atoms with Gasteiger partial charge < -0.3 is 9.73 Å². The SMILES string of the molecule is O=C(NCc1ccco1)C1CCc2nn(Cc3ccncc3)c(=O)n2CC1. The van der Waals surface area contributed by atoms with Crippen LogP contribution in [0.2, 0.25) is 0 Å². The molecule has 1 aliphatic rings. The Kier molecular flexibility index (Phi) is 4.86. The van der Waals surface area contributed by atoms with E-state index in [-0.39, 0.29) is 17.5 Å². The Morgan fingerprint density at radius 1 is 1.26 bits per heavy atom. The Morgan fingerprint density at radius 2 is 2.11 bits per heavy atom. The van der Waals surface area contributed by atoms with Gasteiger partial charge in [-0.1, -0.05) is 0 Å². The van der Waals surface area contributed by atoms with Crippen molar-refractivity contribution in [3.63, 3.8) is 0 Å². The predicted molar refractivity (Wildman–Crippen MR) is 96.8 cm³/mol. The highest BCUT2D eigenvalue weighted by atomic mass is 16.3. The van der Waals surface area contributed by atoms with Crippen molar-refractivity contribution in [1.29, 1.82) is 0 Å². The van der Waals surface area contributed by atoms with E-state index >= 15 is 0 Å². The molecule has 1 atom stereocenters. The number of hydrogen-bond donors (Lipinski definition) is 1. The third-order valence-electron chi connectivity index (χ3n) is 4.89. The molecule has 3 aromatic heterocycles. The van der Waals surface area contributed by atoms with Gasteiger partial charge in [0.25, 0.3) is 0 Å². The second-order valence-electron chi connectivity index (χ2n) is 6.68. The number of aromatic nitrogens is 4. The maximum absolute atomic E-state index is 12.7. The highest BCUT2D eigenvalue weighted by molar-refractivity contribution is 5.78. The molecule has 0 spiro atoms. The largest absolute Gasteiger partial charge is 0.467 e. The van der Waals surface area contributed by atoms with Crippen LogP contribution in [-0.2, 0) is 30.8 Å². The molecule has 1 N–H and O–H groups in total. The molecule has 1 aliphatic heterocycles. The average molecular weight is 367 g/mol. The molecule has 8 nitrogen and oxygen atoms in total. The molecule has 1 amide bonds. The van der Waals surface area contributed by atoms with Gasteiger partial charge in [-0.05, 0) is 42.7 Å². The number of furan rings is 1. The van der Waals surface area contributed by atoms with E-state index in [0.717, 1.165) is 17.1 Å². The van der Waals surface area contributed by atoms with Crippen LogP contribution in [0.4, 0.5) is 0 Å². The summed E-state index contributed by atoms with van der Waals surface area (Å²) in [6, 6.07) is 7.37. The van der Waals surface area contributed by atoms with E-state index < -0.39 is 0 Å². The van der Waals surface area contributed by atoms with E-state index in [2.05, 4.69) is 15.4 Å². The van der Waals surface area contributed by atoms with Crippen LogP contribution in [-0.4, -0.2) is 25.2 Å². The Morgan fingerprint density at radius 3 is 2.89 bits per heavy atom. The molecular weight excluding hydrogens is 346 g/mol.